The summed E-state index contributed by atoms with van der Waals surface area (Å²) in [5, 5.41) is 3.55. The van der Waals surface area contributed by atoms with Gasteiger partial charge in [0.1, 0.15) is 0 Å². The SMILES string of the molecule is CC(NCc1cc(Br)c2c(c1)OCCCO2)C1CCCO1. The maximum absolute atomic E-state index is 5.77. The zero-order chi connectivity index (χ0) is 14.7. The van der Waals surface area contributed by atoms with Gasteiger partial charge in [0.25, 0.3) is 0 Å². The predicted octanol–water partition coefficient (Wildman–Crippen LogP) is 3.27. The second kappa shape index (κ2) is 6.99. The Morgan fingerprint density at radius 2 is 2.10 bits per heavy atom. The molecule has 0 radical (unpaired) electrons. The van der Waals surface area contributed by atoms with Gasteiger partial charge < -0.3 is 19.5 Å². The molecule has 2 heterocycles. The minimum absolute atomic E-state index is 0.342. The first-order valence-corrected chi connectivity index (χ1v) is 8.46. The van der Waals surface area contributed by atoms with Crippen LogP contribution in [-0.2, 0) is 11.3 Å². The van der Waals surface area contributed by atoms with E-state index in [2.05, 4.69) is 40.3 Å². The standard InChI is InChI=1S/C16H22BrNO3/c1-11(14-4-2-5-19-14)18-10-12-8-13(17)16-15(9-12)20-6-3-7-21-16/h8-9,11,14,18H,2-7,10H2,1H3. The third-order valence-electron chi connectivity index (χ3n) is 4.01. The summed E-state index contributed by atoms with van der Waals surface area (Å²) in [6, 6.07) is 4.53. The minimum atomic E-state index is 0.342. The lowest BCUT2D eigenvalue weighted by atomic mass is 10.1. The lowest BCUT2D eigenvalue weighted by Gasteiger charge is -2.20. The summed E-state index contributed by atoms with van der Waals surface area (Å²) in [6.07, 6.45) is 3.59. The summed E-state index contributed by atoms with van der Waals surface area (Å²) in [7, 11) is 0. The summed E-state index contributed by atoms with van der Waals surface area (Å²) in [5.41, 5.74) is 1.19. The molecule has 1 N–H and O–H groups in total. The Morgan fingerprint density at radius 1 is 1.24 bits per heavy atom. The third-order valence-corrected chi connectivity index (χ3v) is 4.60. The molecule has 1 saturated heterocycles. The van der Waals surface area contributed by atoms with E-state index in [0.29, 0.717) is 25.4 Å². The van der Waals surface area contributed by atoms with E-state index in [1.165, 1.54) is 12.0 Å². The van der Waals surface area contributed by atoms with Crippen LogP contribution in [0.2, 0.25) is 0 Å². The van der Waals surface area contributed by atoms with E-state index < -0.39 is 0 Å². The Labute approximate surface area is 134 Å². The number of nitrogens with one attached hydrogen (secondary N) is 1. The molecule has 2 atom stereocenters. The van der Waals surface area contributed by atoms with Crippen molar-refractivity contribution in [1.82, 2.24) is 5.32 Å². The van der Waals surface area contributed by atoms with Gasteiger partial charge in [0.15, 0.2) is 11.5 Å². The molecule has 5 heteroatoms. The van der Waals surface area contributed by atoms with Gasteiger partial charge >= 0.3 is 0 Å². The topological polar surface area (TPSA) is 39.7 Å². The van der Waals surface area contributed by atoms with Crippen LogP contribution >= 0.6 is 15.9 Å². The molecule has 4 nitrogen and oxygen atoms in total. The molecule has 1 aromatic rings. The summed E-state index contributed by atoms with van der Waals surface area (Å²) in [6.45, 7) is 5.30. The lowest BCUT2D eigenvalue weighted by Crippen LogP contribution is -2.36. The fraction of sp³-hybridized carbons (Fsp3) is 0.625. The molecule has 21 heavy (non-hydrogen) atoms. The Morgan fingerprint density at radius 3 is 2.90 bits per heavy atom. The van der Waals surface area contributed by atoms with Crippen LogP contribution < -0.4 is 14.8 Å². The maximum atomic E-state index is 5.77. The smallest absolute Gasteiger partial charge is 0.175 e. The van der Waals surface area contributed by atoms with Crippen molar-refractivity contribution >= 4 is 15.9 Å². The fourth-order valence-corrected chi connectivity index (χ4v) is 3.40. The summed E-state index contributed by atoms with van der Waals surface area (Å²) < 4.78 is 18.2. The van der Waals surface area contributed by atoms with Crippen molar-refractivity contribution in [2.75, 3.05) is 19.8 Å². The van der Waals surface area contributed by atoms with Gasteiger partial charge in [-0.2, -0.15) is 0 Å². The zero-order valence-corrected chi connectivity index (χ0v) is 13.9. The monoisotopic (exact) mass is 355 g/mol. The van der Waals surface area contributed by atoms with Gasteiger partial charge in [-0.25, -0.2) is 0 Å². The lowest BCUT2D eigenvalue weighted by molar-refractivity contribution is 0.0832. The van der Waals surface area contributed by atoms with Gasteiger partial charge in [0.2, 0.25) is 0 Å². The molecular formula is C16H22BrNO3. The van der Waals surface area contributed by atoms with Gasteiger partial charge in [0.05, 0.1) is 23.8 Å². The number of rotatable bonds is 4. The first-order valence-electron chi connectivity index (χ1n) is 7.67. The zero-order valence-electron chi connectivity index (χ0n) is 12.4. The van der Waals surface area contributed by atoms with Crippen molar-refractivity contribution in [1.29, 1.82) is 0 Å². The van der Waals surface area contributed by atoms with Gasteiger partial charge in [-0.3, -0.25) is 0 Å². The van der Waals surface area contributed by atoms with Crippen molar-refractivity contribution in [2.24, 2.45) is 0 Å². The Kier molecular flexibility index (Phi) is 5.03. The van der Waals surface area contributed by atoms with Crippen LogP contribution in [-0.4, -0.2) is 32.0 Å². The number of ether oxygens (including phenoxy) is 3. The summed E-state index contributed by atoms with van der Waals surface area (Å²) in [5.74, 6) is 1.66. The normalized spacial score (nSPS) is 22.9. The Bertz CT molecular complexity index is 489. The average molecular weight is 356 g/mol. The van der Waals surface area contributed by atoms with E-state index in [0.717, 1.165) is 42.0 Å². The van der Waals surface area contributed by atoms with E-state index in [9.17, 15) is 0 Å². The fourth-order valence-electron chi connectivity index (χ4n) is 2.79. The van der Waals surface area contributed by atoms with Crippen molar-refractivity contribution in [3.8, 4) is 11.5 Å². The highest BCUT2D eigenvalue weighted by Gasteiger charge is 2.22. The Hall–Kier alpha value is -0.780. The third kappa shape index (κ3) is 3.71. The first kappa shape index (κ1) is 15.1. The first-order chi connectivity index (χ1) is 10.2. The average Bonchev–Trinajstić information content (AvgIpc) is 2.91. The summed E-state index contributed by atoms with van der Waals surface area (Å²) in [4.78, 5) is 0. The van der Waals surface area contributed by atoms with Crippen molar-refractivity contribution < 1.29 is 14.2 Å². The maximum Gasteiger partial charge on any atom is 0.175 e. The Balaban J connectivity index is 1.65. The van der Waals surface area contributed by atoms with Crippen molar-refractivity contribution in [2.45, 2.75) is 44.9 Å². The van der Waals surface area contributed by atoms with E-state index >= 15 is 0 Å². The second-order valence-corrected chi connectivity index (χ2v) is 6.53. The molecule has 2 aliphatic heterocycles. The van der Waals surface area contributed by atoms with Gasteiger partial charge in [-0.15, -0.1) is 0 Å². The molecule has 3 rings (SSSR count). The van der Waals surface area contributed by atoms with Gasteiger partial charge in [-0.05, 0) is 53.4 Å². The van der Waals surface area contributed by atoms with E-state index in [-0.39, 0.29) is 0 Å². The second-order valence-electron chi connectivity index (χ2n) is 5.68. The van der Waals surface area contributed by atoms with E-state index in [1.807, 2.05) is 0 Å². The molecule has 0 bridgehead atoms. The molecular weight excluding hydrogens is 334 g/mol. The van der Waals surface area contributed by atoms with Crippen LogP contribution in [0.1, 0.15) is 31.7 Å². The molecule has 1 aromatic carbocycles. The van der Waals surface area contributed by atoms with Crippen LogP contribution in [0.5, 0.6) is 11.5 Å². The number of benzene rings is 1. The minimum Gasteiger partial charge on any atom is -0.490 e. The molecule has 0 aliphatic carbocycles. The van der Waals surface area contributed by atoms with Crippen LogP contribution in [0.3, 0.4) is 0 Å². The van der Waals surface area contributed by atoms with E-state index in [4.69, 9.17) is 14.2 Å². The molecule has 116 valence electrons. The quantitative estimate of drug-likeness (QED) is 0.899. The van der Waals surface area contributed by atoms with Gasteiger partial charge in [-0.1, -0.05) is 0 Å². The van der Waals surface area contributed by atoms with Crippen molar-refractivity contribution in [3.63, 3.8) is 0 Å². The predicted molar refractivity (Wildman–Crippen MR) is 85.0 cm³/mol. The molecule has 0 saturated carbocycles. The van der Waals surface area contributed by atoms with Crippen LogP contribution in [0.4, 0.5) is 0 Å². The highest BCUT2D eigenvalue weighted by molar-refractivity contribution is 9.10. The highest BCUT2D eigenvalue weighted by Crippen LogP contribution is 2.38. The summed E-state index contributed by atoms with van der Waals surface area (Å²) >= 11 is 3.58. The van der Waals surface area contributed by atoms with E-state index in [1.54, 1.807) is 0 Å². The molecule has 2 unspecified atom stereocenters. The molecule has 0 aromatic heterocycles. The molecule has 1 fully saturated rings. The molecule has 0 spiro atoms. The van der Waals surface area contributed by atoms with Crippen molar-refractivity contribution in [3.05, 3.63) is 22.2 Å². The number of hydrogen-bond donors (Lipinski definition) is 1. The molecule has 2 aliphatic rings. The number of fused-ring (bicyclic) bond motifs is 1. The van der Waals surface area contributed by atoms with Crippen LogP contribution in [0.15, 0.2) is 16.6 Å². The van der Waals surface area contributed by atoms with Gasteiger partial charge in [0, 0.05) is 25.6 Å². The largest absolute Gasteiger partial charge is 0.490 e. The van der Waals surface area contributed by atoms with Crippen LogP contribution in [0, 0.1) is 0 Å². The number of halogens is 1. The highest BCUT2D eigenvalue weighted by atomic mass is 79.9. The molecule has 0 amide bonds. The number of hydrogen-bond acceptors (Lipinski definition) is 4. The van der Waals surface area contributed by atoms with Crippen LogP contribution in [0.25, 0.3) is 0 Å².